The Balaban J connectivity index is 1.53. The Morgan fingerprint density at radius 2 is 1.73 bits per heavy atom. The maximum atomic E-state index is 12.4. The van der Waals surface area contributed by atoms with Crippen LogP contribution in [0.15, 0.2) is 42.5 Å². The zero-order valence-corrected chi connectivity index (χ0v) is 17.4. The fourth-order valence-corrected chi connectivity index (χ4v) is 3.35. The second-order valence-electron chi connectivity index (χ2n) is 6.94. The molecule has 1 fully saturated rings. The minimum absolute atomic E-state index is 0.0367. The van der Waals surface area contributed by atoms with Gasteiger partial charge >= 0.3 is 6.03 Å². The van der Waals surface area contributed by atoms with Gasteiger partial charge in [-0.25, -0.2) is 4.79 Å². The molecule has 2 aromatic carbocycles. The fraction of sp³-hybridized carbons (Fsp3) is 0.364. The largest absolute Gasteiger partial charge is 0.497 e. The lowest BCUT2D eigenvalue weighted by atomic mass is 10.1. The first-order chi connectivity index (χ1) is 14.5. The van der Waals surface area contributed by atoms with Crippen molar-refractivity contribution in [1.82, 2.24) is 5.32 Å². The van der Waals surface area contributed by atoms with Crippen molar-refractivity contribution in [1.29, 1.82) is 0 Å². The quantitative estimate of drug-likeness (QED) is 0.693. The molecule has 1 atom stereocenters. The molecular formula is C22H27N3O5. The van der Waals surface area contributed by atoms with E-state index in [2.05, 4.69) is 10.6 Å². The van der Waals surface area contributed by atoms with Crippen molar-refractivity contribution in [2.75, 3.05) is 44.1 Å². The Morgan fingerprint density at radius 1 is 1.07 bits per heavy atom. The number of amides is 3. The Hall–Kier alpha value is -3.42. The Labute approximate surface area is 176 Å². The van der Waals surface area contributed by atoms with E-state index in [0.717, 1.165) is 11.4 Å². The summed E-state index contributed by atoms with van der Waals surface area (Å²) in [6.45, 7) is 3.48. The van der Waals surface area contributed by atoms with Crippen LogP contribution in [-0.2, 0) is 4.79 Å². The van der Waals surface area contributed by atoms with Gasteiger partial charge in [0.25, 0.3) is 0 Å². The summed E-state index contributed by atoms with van der Waals surface area (Å²) in [5.74, 6) is 2.02. The molecule has 1 aliphatic rings. The van der Waals surface area contributed by atoms with Gasteiger partial charge in [-0.3, -0.25) is 4.79 Å². The molecule has 160 valence electrons. The topological polar surface area (TPSA) is 89.1 Å². The molecule has 3 amide bonds. The number of benzene rings is 2. The van der Waals surface area contributed by atoms with E-state index in [0.29, 0.717) is 43.3 Å². The van der Waals surface area contributed by atoms with Crippen LogP contribution in [0.2, 0.25) is 0 Å². The van der Waals surface area contributed by atoms with Gasteiger partial charge in [0, 0.05) is 55.0 Å². The van der Waals surface area contributed by atoms with Crippen LogP contribution >= 0.6 is 0 Å². The van der Waals surface area contributed by atoms with Gasteiger partial charge in [0.2, 0.25) is 5.91 Å². The molecule has 0 bridgehead atoms. The highest BCUT2D eigenvalue weighted by Gasteiger charge is 2.30. The van der Waals surface area contributed by atoms with Gasteiger partial charge in [0.1, 0.15) is 17.2 Å². The monoisotopic (exact) mass is 413 g/mol. The van der Waals surface area contributed by atoms with E-state index in [4.69, 9.17) is 14.2 Å². The van der Waals surface area contributed by atoms with Crippen molar-refractivity contribution < 1.29 is 23.8 Å². The number of carbonyl (C=O) groups excluding carboxylic acids is 2. The molecule has 0 aromatic heterocycles. The van der Waals surface area contributed by atoms with E-state index in [-0.39, 0.29) is 17.9 Å². The molecule has 3 rings (SSSR count). The number of nitrogens with zero attached hydrogens (tertiary/aromatic N) is 1. The van der Waals surface area contributed by atoms with Gasteiger partial charge in [-0.2, -0.15) is 0 Å². The summed E-state index contributed by atoms with van der Waals surface area (Å²) >= 11 is 0. The summed E-state index contributed by atoms with van der Waals surface area (Å²) in [5, 5.41) is 5.60. The predicted octanol–water partition coefficient (Wildman–Crippen LogP) is 3.28. The maximum Gasteiger partial charge on any atom is 0.319 e. The second kappa shape index (κ2) is 9.87. The number of nitrogens with one attached hydrogen (secondary N) is 2. The number of carbonyl (C=O) groups is 2. The number of hydrogen-bond donors (Lipinski definition) is 2. The third-order valence-electron chi connectivity index (χ3n) is 4.83. The van der Waals surface area contributed by atoms with E-state index < -0.39 is 0 Å². The van der Waals surface area contributed by atoms with Gasteiger partial charge < -0.3 is 29.7 Å². The average Bonchev–Trinajstić information content (AvgIpc) is 3.13. The zero-order chi connectivity index (χ0) is 21.5. The van der Waals surface area contributed by atoms with Crippen LogP contribution in [0.5, 0.6) is 17.2 Å². The lowest BCUT2D eigenvalue weighted by Gasteiger charge is -2.17. The summed E-state index contributed by atoms with van der Waals surface area (Å²) in [7, 11) is 3.09. The van der Waals surface area contributed by atoms with Crippen molar-refractivity contribution in [3.63, 3.8) is 0 Å². The highest BCUT2D eigenvalue weighted by atomic mass is 16.5. The molecule has 8 nitrogen and oxygen atoms in total. The van der Waals surface area contributed by atoms with Crippen LogP contribution < -0.4 is 29.7 Å². The van der Waals surface area contributed by atoms with E-state index >= 15 is 0 Å². The first kappa shape index (κ1) is 21.3. The lowest BCUT2D eigenvalue weighted by molar-refractivity contribution is -0.117. The van der Waals surface area contributed by atoms with Gasteiger partial charge in [-0.05, 0) is 31.2 Å². The third kappa shape index (κ3) is 5.34. The number of urea groups is 1. The summed E-state index contributed by atoms with van der Waals surface area (Å²) in [5.41, 5.74) is 1.39. The standard InChI is InChI=1S/C22H27N3O5/c1-4-30-18-7-5-17(6-8-18)25-14-15(9-21(25)26)13-23-22(27)24-16-10-19(28-2)12-20(11-16)29-3/h5-8,10-12,15H,4,9,13-14H2,1-3H3,(H2,23,24,27)/t15-/m1/s1. The van der Waals surface area contributed by atoms with E-state index in [9.17, 15) is 9.59 Å². The molecule has 30 heavy (non-hydrogen) atoms. The van der Waals surface area contributed by atoms with Crippen molar-refractivity contribution in [3.05, 3.63) is 42.5 Å². The Bertz CT molecular complexity index is 863. The second-order valence-corrected chi connectivity index (χ2v) is 6.94. The summed E-state index contributed by atoms with van der Waals surface area (Å²) < 4.78 is 15.8. The molecule has 0 spiro atoms. The van der Waals surface area contributed by atoms with Gasteiger partial charge in [0.05, 0.1) is 20.8 Å². The number of anilines is 2. The third-order valence-corrected chi connectivity index (χ3v) is 4.83. The minimum Gasteiger partial charge on any atom is -0.497 e. The van der Waals surface area contributed by atoms with Crippen molar-refractivity contribution in [2.45, 2.75) is 13.3 Å². The highest BCUT2D eigenvalue weighted by molar-refractivity contribution is 5.96. The number of methoxy groups -OCH3 is 2. The first-order valence-electron chi connectivity index (χ1n) is 9.83. The van der Waals surface area contributed by atoms with Crippen LogP contribution in [0, 0.1) is 5.92 Å². The SMILES string of the molecule is CCOc1ccc(N2C[C@@H](CNC(=O)Nc3cc(OC)cc(OC)c3)CC2=O)cc1. The lowest BCUT2D eigenvalue weighted by Crippen LogP contribution is -2.34. The zero-order valence-electron chi connectivity index (χ0n) is 17.4. The molecule has 0 saturated carbocycles. The summed E-state index contributed by atoms with van der Waals surface area (Å²) in [6.07, 6.45) is 0.389. The van der Waals surface area contributed by atoms with Gasteiger partial charge in [-0.1, -0.05) is 0 Å². The summed E-state index contributed by atoms with van der Waals surface area (Å²) in [6, 6.07) is 12.2. The van der Waals surface area contributed by atoms with Crippen molar-refractivity contribution >= 4 is 23.3 Å². The summed E-state index contributed by atoms with van der Waals surface area (Å²) in [4.78, 5) is 26.4. The number of hydrogen-bond acceptors (Lipinski definition) is 5. The smallest absolute Gasteiger partial charge is 0.319 e. The maximum absolute atomic E-state index is 12.4. The molecule has 1 heterocycles. The molecule has 1 aliphatic heterocycles. The first-order valence-corrected chi connectivity index (χ1v) is 9.83. The molecular weight excluding hydrogens is 386 g/mol. The molecule has 1 saturated heterocycles. The van der Waals surface area contributed by atoms with Crippen LogP contribution in [0.4, 0.5) is 16.2 Å². The fourth-order valence-electron chi connectivity index (χ4n) is 3.35. The molecule has 2 N–H and O–H groups in total. The van der Waals surface area contributed by atoms with Gasteiger partial charge in [-0.15, -0.1) is 0 Å². The van der Waals surface area contributed by atoms with Crippen LogP contribution in [0.25, 0.3) is 0 Å². The average molecular weight is 413 g/mol. The van der Waals surface area contributed by atoms with Crippen molar-refractivity contribution in [2.24, 2.45) is 5.92 Å². The van der Waals surface area contributed by atoms with Crippen LogP contribution in [0.3, 0.4) is 0 Å². The molecule has 8 heteroatoms. The van der Waals surface area contributed by atoms with E-state index in [1.54, 1.807) is 37.3 Å². The Morgan fingerprint density at radius 3 is 2.33 bits per heavy atom. The van der Waals surface area contributed by atoms with E-state index in [1.807, 2.05) is 31.2 Å². The molecule has 0 unspecified atom stereocenters. The van der Waals surface area contributed by atoms with Crippen LogP contribution in [0.1, 0.15) is 13.3 Å². The van der Waals surface area contributed by atoms with Crippen molar-refractivity contribution in [3.8, 4) is 17.2 Å². The number of ether oxygens (including phenoxy) is 3. The molecule has 0 radical (unpaired) electrons. The van der Waals surface area contributed by atoms with Gasteiger partial charge in [0.15, 0.2) is 0 Å². The predicted molar refractivity (Wildman–Crippen MR) is 115 cm³/mol. The van der Waals surface area contributed by atoms with Crippen LogP contribution in [-0.4, -0.2) is 45.9 Å². The normalized spacial score (nSPS) is 15.6. The number of rotatable bonds is 8. The molecule has 0 aliphatic carbocycles. The molecule has 2 aromatic rings. The Kier molecular flexibility index (Phi) is 7.00. The highest BCUT2D eigenvalue weighted by Crippen LogP contribution is 2.27. The van der Waals surface area contributed by atoms with E-state index in [1.165, 1.54) is 0 Å². The minimum atomic E-state index is -0.350.